The van der Waals surface area contributed by atoms with Crippen molar-refractivity contribution in [1.82, 2.24) is 29.7 Å². The van der Waals surface area contributed by atoms with Crippen molar-refractivity contribution in [2.75, 3.05) is 26.7 Å². The fourth-order valence-electron chi connectivity index (χ4n) is 7.15. The van der Waals surface area contributed by atoms with Crippen LogP contribution in [0.4, 0.5) is 0 Å². The lowest BCUT2D eigenvalue weighted by Gasteiger charge is -2.40. The monoisotopic (exact) mass is 548 g/mol. The predicted molar refractivity (Wildman–Crippen MR) is 145 cm³/mol. The summed E-state index contributed by atoms with van der Waals surface area (Å²) in [6.07, 6.45) is 7.92. The zero-order chi connectivity index (χ0) is 28.4. The number of aliphatic hydroxyl groups is 1. The maximum atomic E-state index is 14.6. The summed E-state index contributed by atoms with van der Waals surface area (Å²) >= 11 is 0. The topological polar surface area (TPSA) is 121 Å². The molecule has 1 N–H and O–H groups in total. The molecule has 1 aromatic carbocycles. The first-order valence-electron chi connectivity index (χ1n) is 13.9. The minimum Gasteiger partial charge on any atom is -0.394 e. The Hall–Kier alpha value is -3.57. The Labute approximate surface area is 233 Å². The molecule has 0 radical (unpaired) electrons. The average Bonchev–Trinajstić information content (AvgIpc) is 3.45. The van der Waals surface area contributed by atoms with Crippen LogP contribution in [-0.2, 0) is 25.8 Å². The number of ether oxygens (including phenoxy) is 1. The van der Waals surface area contributed by atoms with Gasteiger partial charge in [-0.05, 0) is 31.4 Å². The van der Waals surface area contributed by atoms with Crippen molar-refractivity contribution < 1.29 is 24.2 Å². The van der Waals surface area contributed by atoms with Gasteiger partial charge < -0.3 is 24.5 Å². The lowest BCUT2D eigenvalue weighted by atomic mass is 9.74. The first-order valence-corrected chi connectivity index (χ1v) is 13.9. The van der Waals surface area contributed by atoms with Crippen molar-refractivity contribution in [2.24, 2.45) is 17.8 Å². The number of amides is 3. The second-order valence-electron chi connectivity index (χ2n) is 12.0. The summed E-state index contributed by atoms with van der Waals surface area (Å²) in [6.45, 7) is 6.35. The Morgan fingerprint density at radius 1 is 1.05 bits per heavy atom. The van der Waals surface area contributed by atoms with E-state index in [0.717, 1.165) is 5.52 Å². The summed E-state index contributed by atoms with van der Waals surface area (Å²) in [4.78, 5) is 47.5. The van der Waals surface area contributed by atoms with E-state index >= 15 is 0 Å². The lowest BCUT2D eigenvalue weighted by Crippen LogP contribution is -2.59. The van der Waals surface area contributed by atoms with Gasteiger partial charge >= 0.3 is 0 Å². The molecule has 2 fully saturated rings. The van der Waals surface area contributed by atoms with Crippen LogP contribution in [0, 0.1) is 17.8 Å². The van der Waals surface area contributed by atoms with E-state index < -0.39 is 35.1 Å². The number of benzene rings is 1. The van der Waals surface area contributed by atoms with E-state index in [-0.39, 0.29) is 43.5 Å². The van der Waals surface area contributed by atoms with Gasteiger partial charge in [0.15, 0.2) is 0 Å². The van der Waals surface area contributed by atoms with Crippen molar-refractivity contribution in [1.29, 1.82) is 0 Å². The number of likely N-dealkylation sites (tertiary alicyclic amines) is 1. The van der Waals surface area contributed by atoms with Crippen molar-refractivity contribution in [3.63, 3.8) is 0 Å². The average molecular weight is 549 g/mol. The molecule has 11 nitrogen and oxygen atoms in total. The third kappa shape index (κ3) is 3.81. The van der Waals surface area contributed by atoms with Crippen LogP contribution < -0.4 is 0 Å². The molecule has 0 saturated carbocycles. The van der Waals surface area contributed by atoms with Gasteiger partial charge in [-0.3, -0.25) is 14.4 Å². The van der Waals surface area contributed by atoms with E-state index in [1.165, 1.54) is 4.90 Å². The first-order chi connectivity index (χ1) is 19.1. The highest BCUT2D eigenvalue weighted by molar-refractivity contribution is 6.00. The molecule has 4 aliphatic heterocycles. The van der Waals surface area contributed by atoms with Gasteiger partial charge in [0.25, 0.3) is 5.91 Å². The van der Waals surface area contributed by atoms with Crippen LogP contribution in [0.15, 0.2) is 48.6 Å². The highest BCUT2D eigenvalue weighted by atomic mass is 16.5. The summed E-state index contributed by atoms with van der Waals surface area (Å²) in [5, 5.41) is 19.0. The molecule has 40 heavy (non-hydrogen) atoms. The molecule has 1 aromatic heterocycles. The zero-order valence-corrected chi connectivity index (χ0v) is 23.3. The molecule has 0 aliphatic carbocycles. The highest BCUT2D eigenvalue weighted by Gasteiger charge is 2.75. The molecule has 1 spiro atoms. The number of rotatable bonds is 6. The predicted octanol–water partition coefficient (Wildman–Crippen LogP) is 1.19. The molecule has 3 amide bonds. The highest BCUT2D eigenvalue weighted by Crippen LogP contribution is 2.58. The standard InChI is InChI=1S/C29H36N6O5/c1-18(2)15-19(16-36)35-24-27(39)33(17-34-21-10-6-5-9-20(21)30-31-34)14-8-12-29(24)23(26(35)38)22-25(37)32(4)13-7-11-28(22,3)40-29/h5-12,18-19,22-24,36H,13-17H2,1-4H3/t19-,22-,23+,24?,28+,29+/m1/s1. The molecule has 5 heterocycles. The minimum atomic E-state index is -1.37. The first kappa shape index (κ1) is 26.6. The molecule has 212 valence electrons. The van der Waals surface area contributed by atoms with Gasteiger partial charge in [-0.2, -0.15) is 0 Å². The molecule has 2 saturated heterocycles. The lowest BCUT2D eigenvalue weighted by molar-refractivity contribution is -0.156. The molecule has 11 heteroatoms. The number of likely N-dealkylation sites (N-methyl/N-ethyl adjacent to an activating group) is 1. The van der Waals surface area contributed by atoms with Gasteiger partial charge in [0, 0.05) is 20.1 Å². The van der Waals surface area contributed by atoms with Crippen molar-refractivity contribution in [3.05, 3.63) is 48.6 Å². The van der Waals surface area contributed by atoms with Crippen LogP contribution in [0.3, 0.4) is 0 Å². The maximum Gasteiger partial charge on any atom is 0.250 e. The molecule has 2 aromatic rings. The van der Waals surface area contributed by atoms with E-state index in [2.05, 4.69) is 10.3 Å². The third-order valence-electron chi connectivity index (χ3n) is 8.85. The SMILES string of the molecule is CC(C)C[C@H](CO)N1C(=O)[C@@H]2[C@@H]3C(=O)N(C)CC=C[C@]3(C)O[C@@]23C=CCN(Cn2nnc4ccccc42)C(=O)C13. The van der Waals surface area contributed by atoms with Crippen molar-refractivity contribution in [2.45, 2.75) is 57.1 Å². The van der Waals surface area contributed by atoms with Gasteiger partial charge in [-0.15, -0.1) is 5.10 Å². The number of hydrogen-bond donors (Lipinski definition) is 1. The summed E-state index contributed by atoms with van der Waals surface area (Å²) in [5.41, 5.74) is -0.932. The van der Waals surface area contributed by atoms with Gasteiger partial charge in [0.1, 0.15) is 23.8 Å². The normalized spacial score (nSPS) is 32.5. The Morgan fingerprint density at radius 3 is 2.55 bits per heavy atom. The van der Waals surface area contributed by atoms with Gasteiger partial charge in [0.05, 0.1) is 35.6 Å². The van der Waals surface area contributed by atoms with Crippen LogP contribution in [0.5, 0.6) is 0 Å². The van der Waals surface area contributed by atoms with Gasteiger partial charge in [-0.25, -0.2) is 4.68 Å². The van der Waals surface area contributed by atoms with E-state index in [1.54, 1.807) is 21.5 Å². The number of aliphatic hydroxyl groups excluding tert-OH is 1. The second-order valence-corrected chi connectivity index (χ2v) is 12.0. The van der Waals surface area contributed by atoms with E-state index in [4.69, 9.17) is 4.74 Å². The summed E-state index contributed by atoms with van der Waals surface area (Å²) in [6, 6.07) is 5.86. The van der Waals surface area contributed by atoms with E-state index in [0.29, 0.717) is 18.5 Å². The Morgan fingerprint density at radius 2 is 1.80 bits per heavy atom. The number of carbonyl (C=O) groups is 3. The van der Waals surface area contributed by atoms with Crippen molar-refractivity contribution in [3.8, 4) is 0 Å². The number of nitrogens with zero attached hydrogens (tertiary/aromatic N) is 6. The third-order valence-corrected chi connectivity index (χ3v) is 8.85. The van der Waals surface area contributed by atoms with E-state index in [1.807, 2.05) is 69.3 Å². The van der Waals surface area contributed by atoms with Crippen LogP contribution in [0.2, 0.25) is 0 Å². The number of fused-ring (bicyclic) bond motifs is 3. The Bertz CT molecular complexity index is 1420. The molecule has 1 unspecified atom stereocenters. The number of hydrogen-bond acceptors (Lipinski definition) is 7. The van der Waals surface area contributed by atoms with Gasteiger partial charge in [0.2, 0.25) is 11.8 Å². The number of carbonyl (C=O) groups excluding carboxylic acids is 3. The fraction of sp³-hybridized carbons (Fsp3) is 0.552. The number of aromatic nitrogens is 3. The van der Waals surface area contributed by atoms with Crippen LogP contribution in [0.1, 0.15) is 27.2 Å². The molecular formula is C29H36N6O5. The molecule has 0 bridgehead atoms. The molecular weight excluding hydrogens is 512 g/mol. The molecule has 6 atom stereocenters. The summed E-state index contributed by atoms with van der Waals surface area (Å²) in [5.74, 6) is -2.39. The van der Waals surface area contributed by atoms with Gasteiger partial charge in [-0.1, -0.05) is 55.5 Å². The quantitative estimate of drug-likeness (QED) is 0.539. The largest absolute Gasteiger partial charge is 0.394 e. The summed E-state index contributed by atoms with van der Waals surface area (Å²) in [7, 11) is 1.71. The van der Waals surface area contributed by atoms with E-state index in [9.17, 15) is 19.5 Å². The Kier molecular flexibility index (Phi) is 6.34. The van der Waals surface area contributed by atoms with Crippen LogP contribution in [-0.4, -0.2) is 103 Å². The van der Waals surface area contributed by atoms with Crippen LogP contribution >= 0.6 is 0 Å². The summed E-state index contributed by atoms with van der Waals surface area (Å²) < 4.78 is 8.49. The number of para-hydroxylation sites is 1. The maximum absolute atomic E-state index is 14.6. The van der Waals surface area contributed by atoms with Crippen molar-refractivity contribution >= 4 is 28.8 Å². The molecule has 6 rings (SSSR count). The smallest absolute Gasteiger partial charge is 0.250 e. The van der Waals surface area contributed by atoms with Crippen LogP contribution in [0.25, 0.3) is 11.0 Å². The molecule has 4 aliphatic rings. The fourth-order valence-corrected chi connectivity index (χ4v) is 7.15. The minimum absolute atomic E-state index is 0.124. The zero-order valence-electron chi connectivity index (χ0n) is 23.3. The second kappa shape index (κ2) is 9.52. The Balaban J connectivity index is 1.46.